The lowest BCUT2D eigenvalue weighted by Gasteiger charge is -2.05. The van der Waals surface area contributed by atoms with Crippen LogP contribution in [0.4, 0.5) is 5.69 Å². The van der Waals surface area contributed by atoms with Crippen molar-refractivity contribution in [2.75, 3.05) is 5.32 Å². The minimum absolute atomic E-state index is 0.0758. The molecule has 0 saturated heterocycles. The molecule has 28 heavy (non-hydrogen) atoms. The van der Waals surface area contributed by atoms with Crippen molar-refractivity contribution in [2.24, 2.45) is 0 Å². The lowest BCUT2D eigenvalue weighted by atomic mass is 10.1. The largest absolute Gasteiger partial charge is 0.441 e. The minimum Gasteiger partial charge on any atom is -0.441 e. The molecule has 0 fully saturated rings. The van der Waals surface area contributed by atoms with Gasteiger partial charge in [0.2, 0.25) is 5.91 Å². The van der Waals surface area contributed by atoms with E-state index in [1.54, 1.807) is 6.20 Å². The Morgan fingerprint density at radius 3 is 2.75 bits per heavy atom. The highest BCUT2D eigenvalue weighted by molar-refractivity contribution is 5.91. The summed E-state index contributed by atoms with van der Waals surface area (Å²) < 4.78 is 5.66. The number of para-hydroxylation sites is 2. The zero-order valence-electron chi connectivity index (χ0n) is 15.2. The molecule has 138 valence electrons. The quantitative estimate of drug-likeness (QED) is 0.521. The normalized spacial score (nSPS) is 11.1. The van der Waals surface area contributed by atoms with Crippen molar-refractivity contribution >= 4 is 34.8 Å². The number of nitrogens with zero attached hydrogens (tertiary/aromatic N) is 2. The molecule has 2 aromatic heterocycles. The predicted molar refractivity (Wildman–Crippen MR) is 111 cm³/mol. The summed E-state index contributed by atoms with van der Waals surface area (Å²) >= 11 is 0. The topological polar surface area (TPSA) is 68.0 Å². The smallest absolute Gasteiger partial charge is 0.224 e. The maximum Gasteiger partial charge on any atom is 0.224 e. The first kappa shape index (κ1) is 17.7. The highest BCUT2D eigenvalue weighted by Crippen LogP contribution is 2.17. The standard InChI is InChI=1S/C23H19N3O2/c27-22(13-14-23-26-20-9-1-2-10-21(20)28-23)25-19-8-5-6-17(16-19)11-12-18-7-3-4-15-24-18/h1-12,15-16H,13-14H2,(H,25,27)/b12-11+. The number of oxazole rings is 1. The van der Waals surface area contributed by atoms with Crippen molar-refractivity contribution in [3.63, 3.8) is 0 Å². The van der Waals surface area contributed by atoms with Crippen LogP contribution in [0, 0.1) is 0 Å². The second-order valence-corrected chi connectivity index (χ2v) is 6.34. The molecule has 0 atom stereocenters. The summed E-state index contributed by atoms with van der Waals surface area (Å²) in [6.07, 6.45) is 6.43. The van der Waals surface area contributed by atoms with E-state index >= 15 is 0 Å². The van der Waals surface area contributed by atoms with E-state index in [4.69, 9.17) is 4.42 Å². The highest BCUT2D eigenvalue weighted by Gasteiger charge is 2.08. The number of aromatic nitrogens is 2. The van der Waals surface area contributed by atoms with Gasteiger partial charge in [-0.15, -0.1) is 0 Å². The molecule has 0 radical (unpaired) electrons. The molecule has 5 heteroatoms. The van der Waals surface area contributed by atoms with Gasteiger partial charge in [-0.2, -0.15) is 0 Å². The van der Waals surface area contributed by atoms with E-state index in [0.29, 0.717) is 18.7 Å². The first-order valence-corrected chi connectivity index (χ1v) is 9.10. The molecular formula is C23H19N3O2. The molecular weight excluding hydrogens is 350 g/mol. The summed E-state index contributed by atoms with van der Waals surface area (Å²) in [6, 6.07) is 21.0. The van der Waals surface area contributed by atoms with Gasteiger partial charge >= 0.3 is 0 Å². The van der Waals surface area contributed by atoms with E-state index in [2.05, 4.69) is 15.3 Å². The van der Waals surface area contributed by atoms with Crippen LogP contribution in [-0.2, 0) is 11.2 Å². The van der Waals surface area contributed by atoms with Gasteiger partial charge in [-0.1, -0.05) is 36.4 Å². The zero-order chi connectivity index (χ0) is 19.2. The molecule has 0 aliphatic rings. The Bertz CT molecular complexity index is 1080. The first-order chi connectivity index (χ1) is 13.8. The van der Waals surface area contributed by atoms with Crippen LogP contribution in [0.25, 0.3) is 23.3 Å². The number of hydrogen-bond donors (Lipinski definition) is 1. The Hall–Kier alpha value is -3.73. The fraction of sp³-hybridized carbons (Fsp3) is 0.0870. The number of benzene rings is 2. The molecule has 1 amide bonds. The van der Waals surface area contributed by atoms with Crippen molar-refractivity contribution in [1.82, 2.24) is 9.97 Å². The lowest BCUT2D eigenvalue weighted by Crippen LogP contribution is -2.12. The van der Waals surface area contributed by atoms with Crippen LogP contribution in [0.2, 0.25) is 0 Å². The molecule has 0 aliphatic carbocycles. The molecule has 2 heterocycles. The van der Waals surface area contributed by atoms with Crippen LogP contribution in [0.5, 0.6) is 0 Å². The van der Waals surface area contributed by atoms with Crippen LogP contribution in [0.1, 0.15) is 23.6 Å². The van der Waals surface area contributed by atoms with Gasteiger partial charge < -0.3 is 9.73 Å². The Kier molecular flexibility index (Phi) is 5.24. The van der Waals surface area contributed by atoms with Gasteiger partial charge in [0.15, 0.2) is 11.5 Å². The van der Waals surface area contributed by atoms with Gasteiger partial charge in [-0.05, 0) is 48.0 Å². The summed E-state index contributed by atoms with van der Waals surface area (Å²) in [5.41, 5.74) is 4.18. The number of fused-ring (bicyclic) bond motifs is 1. The van der Waals surface area contributed by atoms with Crippen molar-refractivity contribution in [3.8, 4) is 0 Å². The molecule has 2 aromatic carbocycles. The van der Waals surface area contributed by atoms with Crippen LogP contribution < -0.4 is 5.32 Å². The van der Waals surface area contributed by atoms with Gasteiger partial charge in [0.25, 0.3) is 0 Å². The van der Waals surface area contributed by atoms with E-state index in [0.717, 1.165) is 28.0 Å². The van der Waals surface area contributed by atoms with E-state index in [1.807, 2.05) is 78.9 Å². The summed E-state index contributed by atoms with van der Waals surface area (Å²) in [5, 5.41) is 2.93. The van der Waals surface area contributed by atoms with Crippen molar-refractivity contribution in [3.05, 3.63) is 90.1 Å². The third kappa shape index (κ3) is 4.51. The van der Waals surface area contributed by atoms with Crippen molar-refractivity contribution in [2.45, 2.75) is 12.8 Å². The molecule has 0 saturated carbocycles. The fourth-order valence-corrected chi connectivity index (χ4v) is 2.85. The van der Waals surface area contributed by atoms with E-state index in [1.165, 1.54) is 0 Å². The molecule has 0 unspecified atom stereocenters. The average molecular weight is 369 g/mol. The Labute approximate surface area is 162 Å². The summed E-state index contributed by atoms with van der Waals surface area (Å²) in [5.74, 6) is 0.497. The SMILES string of the molecule is O=C(CCc1nc2ccccc2o1)Nc1cccc(/C=C/c2ccccn2)c1. The van der Waals surface area contributed by atoms with Gasteiger partial charge in [-0.3, -0.25) is 9.78 Å². The van der Waals surface area contributed by atoms with Crippen LogP contribution in [-0.4, -0.2) is 15.9 Å². The third-order valence-corrected chi connectivity index (χ3v) is 4.21. The second-order valence-electron chi connectivity index (χ2n) is 6.34. The highest BCUT2D eigenvalue weighted by atomic mass is 16.3. The van der Waals surface area contributed by atoms with Gasteiger partial charge in [0, 0.05) is 24.7 Å². The molecule has 1 N–H and O–H groups in total. The Morgan fingerprint density at radius 2 is 1.89 bits per heavy atom. The summed E-state index contributed by atoms with van der Waals surface area (Å²) in [7, 11) is 0. The maximum absolute atomic E-state index is 12.3. The van der Waals surface area contributed by atoms with Crippen LogP contribution in [0.3, 0.4) is 0 Å². The van der Waals surface area contributed by atoms with Crippen molar-refractivity contribution in [1.29, 1.82) is 0 Å². The van der Waals surface area contributed by atoms with E-state index in [-0.39, 0.29) is 5.91 Å². The average Bonchev–Trinajstić information content (AvgIpc) is 3.15. The van der Waals surface area contributed by atoms with E-state index in [9.17, 15) is 4.79 Å². The molecule has 5 nitrogen and oxygen atoms in total. The van der Waals surface area contributed by atoms with Crippen molar-refractivity contribution < 1.29 is 9.21 Å². The number of aryl methyl sites for hydroxylation is 1. The third-order valence-electron chi connectivity index (χ3n) is 4.21. The van der Waals surface area contributed by atoms with Gasteiger partial charge in [-0.25, -0.2) is 4.98 Å². The number of nitrogens with one attached hydrogen (secondary N) is 1. The maximum atomic E-state index is 12.3. The zero-order valence-corrected chi connectivity index (χ0v) is 15.2. The first-order valence-electron chi connectivity index (χ1n) is 9.10. The number of amides is 1. The van der Waals surface area contributed by atoms with Crippen LogP contribution >= 0.6 is 0 Å². The van der Waals surface area contributed by atoms with Gasteiger partial charge in [0.05, 0.1) is 5.69 Å². The van der Waals surface area contributed by atoms with Crippen LogP contribution in [0.15, 0.2) is 77.3 Å². The number of rotatable bonds is 6. The Balaban J connectivity index is 1.35. The van der Waals surface area contributed by atoms with E-state index < -0.39 is 0 Å². The Morgan fingerprint density at radius 1 is 1.00 bits per heavy atom. The predicted octanol–water partition coefficient (Wildman–Crippen LogP) is 4.96. The van der Waals surface area contributed by atoms with Gasteiger partial charge in [0.1, 0.15) is 5.52 Å². The summed E-state index contributed by atoms with van der Waals surface area (Å²) in [6.45, 7) is 0. The number of hydrogen-bond acceptors (Lipinski definition) is 4. The fourth-order valence-electron chi connectivity index (χ4n) is 2.85. The number of carbonyl (C=O) groups is 1. The molecule has 0 spiro atoms. The number of pyridine rings is 1. The summed E-state index contributed by atoms with van der Waals surface area (Å²) in [4.78, 5) is 20.9. The monoisotopic (exact) mass is 369 g/mol. The molecule has 0 bridgehead atoms. The number of anilines is 1. The molecule has 0 aliphatic heterocycles. The minimum atomic E-state index is -0.0758. The second kappa shape index (κ2) is 8.31. The number of carbonyl (C=O) groups excluding carboxylic acids is 1. The molecule has 4 rings (SSSR count). The molecule has 4 aromatic rings. The lowest BCUT2D eigenvalue weighted by molar-refractivity contribution is -0.116.